The Balaban J connectivity index is 2.96. The molecule has 0 bridgehead atoms. The normalized spacial score (nSPS) is 16.9. The summed E-state index contributed by atoms with van der Waals surface area (Å²) in [5, 5.41) is 0. The second-order valence-electron chi connectivity index (χ2n) is 9.41. The number of Topliss-reactive ketones (excluding diaryl/α,β-unsaturated/α-hetero) is 1. The van der Waals surface area contributed by atoms with Gasteiger partial charge in [0.25, 0.3) is 0 Å². The summed E-state index contributed by atoms with van der Waals surface area (Å²) in [5.41, 5.74) is -2.21. The van der Waals surface area contributed by atoms with Gasteiger partial charge in [-0.15, -0.1) is 0 Å². The number of unbranched alkanes of at least 4 members (excludes halogenated alkanes) is 3. The number of ketones is 1. The lowest BCUT2D eigenvalue weighted by molar-refractivity contribution is -0.160. The summed E-state index contributed by atoms with van der Waals surface area (Å²) in [5.74, 6) is 4.86. The molecule has 0 aromatic heterocycles. The molecule has 0 heterocycles. The molecule has 198 valence electrons. The van der Waals surface area contributed by atoms with Gasteiger partial charge in [-0.25, -0.2) is 0 Å². The molecule has 1 aliphatic rings. The lowest BCUT2D eigenvalue weighted by Gasteiger charge is -2.30. The van der Waals surface area contributed by atoms with E-state index in [1.807, 2.05) is 0 Å². The fourth-order valence-corrected chi connectivity index (χ4v) is 4.62. The maximum Gasteiger partial charge on any atom is 0.320 e. The van der Waals surface area contributed by atoms with Gasteiger partial charge in [0.15, 0.2) is 5.60 Å². The Bertz CT molecular complexity index is 753. The number of hydrogen-bond acceptors (Lipinski definition) is 7. The van der Waals surface area contributed by atoms with Crippen molar-refractivity contribution in [2.75, 3.05) is 13.2 Å². The average Bonchev–Trinajstić information content (AvgIpc) is 2.77. The largest absolute Gasteiger partial charge is 0.466 e. The molecule has 0 spiro atoms. The van der Waals surface area contributed by atoms with E-state index in [2.05, 4.69) is 11.8 Å². The summed E-state index contributed by atoms with van der Waals surface area (Å²) in [6.45, 7) is 6.86. The van der Waals surface area contributed by atoms with Gasteiger partial charge in [-0.05, 0) is 59.3 Å². The molecule has 0 N–H and O–H groups in total. The minimum absolute atomic E-state index is 0.0347. The first-order valence-corrected chi connectivity index (χ1v) is 13.2. The minimum Gasteiger partial charge on any atom is -0.466 e. The van der Waals surface area contributed by atoms with E-state index in [9.17, 15) is 19.2 Å². The zero-order chi connectivity index (χ0) is 26.2. The zero-order valence-corrected chi connectivity index (χ0v) is 22.2. The first kappa shape index (κ1) is 30.7. The summed E-state index contributed by atoms with van der Waals surface area (Å²) in [7, 11) is 0. The standard InChI is InChI=1S/C28H44O7/c1-5-33-25(31)17-12-8-11-15-21-28(23(3)29,26(32)34-6-2)22-16-20-27(35-24(4)30)18-13-9-7-10-14-19-27/h5-15,17-19,21-22H2,1-4H3. The quantitative estimate of drug-likeness (QED) is 0.111. The maximum absolute atomic E-state index is 13.0. The van der Waals surface area contributed by atoms with Gasteiger partial charge in [-0.3, -0.25) is 19.2 Å². The van der Waals surface area contributed by atoms with E-state index in [0.29, 0.717) is 45.1 Å². The second kappa shape index (κ2) is 16.3. The summed E-state index contributed by atoms with van der Waals surface area (Å²) in [6.07, 6.45) is 10.1. The van der Waals surface area contributed by atoms with Gasteiger partial charge in [-0.2, -0.15) is 0 Å². The molecule has 1 atom stereocenters. The zero-order valence-electron chi connectivity index (χ0n) is 22.2. The van der Waals surface area contributed by atoms with Crippen LogP contribution in [0.2, 0.25) is 0 Å². The molecule has 1 aliphatic carbocycles. The molecule has 7 heteroatoms. The third-order valence-electron chi connectivity index (χ3n) is 6.59. The Morgan fingerprint density at radius 1 is 0.829 bits per heavy atom. The smallest absolute Gasteiger partial charge is 0.320 e. The highest BCUT2D eigenvalue weighted by atomic mass is 16.6. The number of esters is 3. The summed E-state index contributed by atoms with van der Waals surface area (Å²) >= 11 is 0. The highest BCUT2D eigenvalue weighted by molar-refractivity contribution is 6.03. The van der Waals surface area contributed by atoms with Crippen LogP contribution in [-0.4, -0.2) is 42.5 Å². The first-order valence-electron chi connectivity index (χ1n) is 13.2. The van der Waals surface area contributed by atoms with Gasteiger partial charge in [0.1, 0.15) is 11.2 Å². The molecule has 1 unspecified atom stereocenters. The molecule has 0 aromatic carbocycles. The van der Waals surface area contributed by atoms with Gasteiger partial charge in [0.05, 0.1) is 13.2 Å². The number of ether oxygens (including phenoxy) is 3. The van der Waals surface area contributed by atoms with E-state index in [1.165, 1.54) is 20.3 Å². The number of carbonyl (C=O) groups excluding carboxylic acids is 4. The molecule has 0 aromatic rings. The highest BCUT2D eigenvalue weighted by Crippen LogP contribution is 2.34. The predicted octanol–water partition coefficient (Wildman–Crippen LogP) is 5.47. The van der Waals surface area contributed by atoms with Crippen LogP contribution in [0.4, 0.5) is 0 Å². The van der Waals surface area contributed by atoms with Crippen LogP contribution in [0.3, 0.4) is 0 Å². The van der Waals surface area contributed by atoms with Crippen LogP contribution < -0.4 is 0 Å². The SMILES string of the molecule is CCOC(=O)CCCCCCC(CC#CC1(OC(C)=O)CCCCCCC1)(C(C)=O)C(=O)OCC. The molecule has 35 heavy (non-hydrogen) atoms. The van der Waals surface area contributed by atoms with Crippen molar-refractivity contribution in [3.05, 3.63) is 0 Å². The minimum atomic E-state index is -1.34. The van der Waals surface area contributed by atoms with Gasteiger partial charge in [0, 0.05) is 19.8 Å². The van der Waals surface area contributed by atoms with Gasteiger partial charge >= 0.3 is 17.9 Å². The van der Waals surface area contributed by atoms with Crippen LogP contribution in [0.5, 0.6) is 0 Å². The van der Waals surface area contributed by atoms with Crippen molar-refractivity contribution in [3.8, 4) is 11.8 Å². The van der Waals surface area contributed by atoms with Crippen molar-refractivity contribution in [1.29, 1.82) is 0 Å². The van der Waals surface area contributed by atoms with Gasteiger partial charge in [0.2, 0.25) is 0 Å². The third kappa shape index (κ3) is 10.8. The van der Waals surface area contributed by atoms with E-state index in [1.54, 1.807) is 13.8 Å². The van der Waals surface area contributed by atoms with Crippen molar-refractivity contribution >= 4 is 23.7 Å². The van der Waals surface area contributed by atoms with Crippen LogP contribution in [0.15, 0.2) is 0 Å². The topological polar surface area (TPSA) is 96.0 Å². The lowest BCUT2D eigenvalue weighted by Crippen LogP contribution is -2.40. The molecule has 0 aliphatic heterocycles. The Hall–Kier alpha value is -2.36. The first-order chi connectivity index (χ1) is 16.7. The van der Waals surface area contributed by atoms with E-state index in [4.69, 9.17) is 14.2 Å². The number of carbonyl (C=O) groups is 4. The molecule has 1 rings (SSSR count). The molecule has 7 nitrogen and oxygen atoms in total. The van der Waals surface area contributed by atoms with Crippen LogP contribution in [0, 0.1) is 17.3 Å². The molecule has 1 fully saturated rings. The van der Waals surface area contributed by atoms with Crippen molar-refractivity contribution in [2.24, 2.45) is 5.41 Å². The molecular weight excluding hydrogens is 448 g/mol. The van der Waals surface area contributed by atoms with Gasteiger partial charge in [-0.1, -0.05) is 50.4 Å². The highest BCUT2D eigenvalue weighted by Gasteiger charge is 2.44. The third-order valence-corrected chi connectivity index (χ3v) is 6.59. The Labute approximate surface area is 211 Å². The van der Waals surface area contributed by atoms with Crippen molar-refractivity contribution < 1.29 is 33.4 Å². The Kier molecular flexibility index (Phi) is 14.3. The maximum atomic E-state index is 13.0. The number of hydrogen-bond donors (Lipinski definition) is 0. The monoisotopic (exact) mass is 492 g/mol. The van der Waals surface area contributed by atoms with Crippen LogP contribution in [0.25, 0.3) is 0 Å². The van der Waals surface area contributed by atoms with E-state index >= 15 is 0 Å². The Morgan fingerprint density at radius 3 is 2.00 bits per heavy atom. The van der Waals surface area contributed by atoms with Crippen molar-refractivity contribution in [2.45, 2.75) is 123 Å². The summed E-state index contributed by atoms with van der Waals surface area (Å²) < 4.78 is 16.0. The van der Waals surface area contributed by atoms with E-state index in [0.717, 1.165) is 38.5 Å². The van der Waals surface area contributed by atoms with Crippen molar-refractivity contribution in [3.63, 3.8) is 0 Å². The second-order valence-corrected chi connectivity index (χ2v) is 9.41. The van der Waals surface area contributed by atoms with Crippen molar-refractivity contribution in [1.82, 2.24) is 0 Å². The summed E-state index contributed by atoms with van der Waals surface area (Å²) in [6, 6.07) is 0. The van der Waals surface area contributed by atoms with Crippen LogP contribution in [0.1, 0.15) is 118 Å². The van der Waals surface area contributed by atoms with Gasteiger partial charge < -0.3 is 14.2 Å². The van der Waals surface area contributed by atoms with E-state index < -0.39 is 17.0 Å². The number of rotatable bonds is 13. The average molecular weight is 493 g/mol. The lowest BCUT2D eigenvalue weighted by atomic mass is 9.76. The molecule has 0 radical (unpaired) electrons. The Morgan fingerprint density at radius 2 is 1.43 bits per heavy atom. The molecule has 0 saturated heterocycles. The fourth-order valence-electron chi connectivity index (χ4n) is 4.62. The van der Waals surface area contributed by atoms with Crippen LogP contribution in [-0.2, 0) is 33.4 Å². The van der Waals surface area contributed by atoms with Crippen LogP contribution >= 0.6 is 0 Å². The predicted molar refractivity (Wildman–Crippen MR) is 133 cm³/mol. The molecular formula is C28H44O7. The summed E-state index contributed by atoms with van der Waals surface area (Å²) in [4.78, 5) is 49.1. The fraction of sp³-hybridized carbons (Fsp3) is 0.786. The molecule has 1 saturated carbocycles. The van der Waals surface area contributed by atoms with E-state index in [-0.39, 0.29) is 30.7 Å². The molecule has 0 amide bonds.